The number of hydrogen-bond acceptors (Lipinski definition) is 4. The number of carbonyl (C=O) groups is 3. The van der Waals surface area contributed by atoms with Crippen LogP contribution in [-0.2, 0) is 11.2 Å². The molecule has 1 aliphatic heterocycles. The molecule has 0 bridgehead atoms. The Balaban J connectivity index is 1.45. The molecule has 0 aromatic heterocycles. The SMILES string of the molecule is COc1ccc(C)cc1CCNC(=O)CCCN1C(=O)c2ccc(Br)cc2C1=O. The molecule has 6 nitrogen and oxygen atoms in total. The van der Waals surface area contributed by atoms with Gasteiger partial charge in [0.1, 0.15) is 5.75 Å². The average Bonchev–Trinajstić information content (AvgIpc) is 2.92. The molecule has 0 radical (unpaired) electrons. The van der Waals surface area contributed by atoms with Gasteiger partial charge >= 0.3 is 0 Å². The Morgan fingerprint density at radius 1 is 1.10 bits per heavy atom. The van der Waals surface area contributed by atoms with Gasteiger partial charge in [0.2, 0.25) is 5.91 Å². The van der Waals surface area contributed by atoms with Crippen molar-refractivity contribution in [3.05, 3.63) is 63.1 Å². The largest absolute Gasteiger partial charge is 0.496 e. The number of rotatable bonds is 8. The summed E-state index contributed by atoms with van der Waals surface area (Å²) in [6, 6.07) is 11.0. The van der Waals surface area contributed by atoms with Gasteiger partial charge in [-0.1, -0.05) is 33.6 Å². The number of nitrogens with one attached hydrogen (secondary N) is 1. The Hall–Kier alpha value is -2.67. The molecular weight excluding hydrogens is 436 g/mol. The van der Waals surface area contributed by atoms with Gasteiger partial charge in [-0.3, -0.25) is 19.3 Å². The maximum absolute atomic E-state index is 12.4. The Kier molecular flexibility index (Phi) is 6.69. The summed E-state index contributed by atoms with van der Waals surface area (Å²) in [4.78, 5) is 38.1. The second-order valence-corrected chi connectivity index (χ2v) is 7.89. The molecule has 152 valence electrons. The molecule has 3 amide bonds. The Labute approximate surface area is 178 Å². The van der Waals surface area contributed by atoms with Crippen LogP contribution in [-0.4, -0.2) is 42.8 Å². The van der Waals surface area contributed by atoms with Crippen LogP contribution in [0.4, 0.5) is 0 Å². The van der Waals surface area contributed by atoms with E-state index in [2.05, 4.69) is 21.2 Å². The highest BCUT2D eigenvalue weighted by Crippen LogP contribution is 2.26. The van der Waals surface area contributed by atoms with Gasteiger partial charge in [0.05, 0.1) is 18.2 Å². The molecule has 0 aliphatic carbocycles. The van der Waals surface area contributed by atoms with Crippen molar-refractivity contribution in [2.24, 2.45) is 0 Å². The fourth-order valence-electron chi connectivity index (χ4n) is 3.39. The van der Waals surface area contributed by atoms with Gasteiger partial charge in [-0.2, -0.15) is 0 Å². The molecule has 0 fully saturated rings. The topological polar surface area (TPSA) is 75.7 Å². The molecule has 0 saturated heterocycles. The van der Waals surface area contributed by atoms with E-state index in [0.29, 0.717) is 30.5 Å². The number of fused-ring (bicyclic) bond motifs is 1. The number of carbonyl (C=O) groups excluding carboxylic acids is 3. The van der Waals surface area contributed by atoms with Crippen molar-refractivity contribution in [2.45, 2.75) is 26.2 Å². The lowest BCUT2D eigenvalue weighted by atomic mass is 10.1. The minimum Gasteiger partial charge on any atom is -0.496 e. The number of imide groups is 1. The van der Waals surface area contributed by atoms with Crippen molar-refractivity contribution in [1.82, 2.24) is 10.2 Å². The summed E-state index contributed by atoms with van der Waals surface area (Å²) in [7, 11) is 1.63. The van der Waals surface area contributed by atoms with E-state index in [1.165, 1.54) is 4.90 Å². The van der Waals surface area contributed by atoms with Crippen molar-refractivity contribution in [3.8, 4) is 5.75 Å². The zero-order valence-corrected chi connectivity index (χ0v) is 18.0. The van der Waals surface area contributed by atoms with E-state index < -0.39 is 0 Å². The standard InChI is InChI=1S/C22H23BrN2O4/c1-14-5-8-19(29-2)15(12-14)9-10-24-20(26)4-3-11-25-21(27)17-7-6-16(23)13-18(17)22(25)28/h5-8,12-13H,3-4,9-11H2,1-2H3,(H,24,26). The summed E-state index contributed by atoms with van der Waals surface area (Å²) in [6.07, 6.45) is 1.35. The summed E-state index contributed by atoms with van der Waals surface area (Å²) in [6.45, 7) is 2.74. The molecule has 3 rings (SSSR count). The first kappa shape index (κ1) is 21.0. The van der Waals surface area contributed by atoms with Crippen LogP contribution in [0.15, 0.2) is 40.9 Å². The second kappa shape index (κ2) is 9.22. The number of halogens is 1. The number of amides is 3. The summed E-state index contributed by atoms with van der Waals surface area (Å²) in [5.41, 5.74) is 3.00. The van der Waals surface area contributed by atoms with Crippen molar-refractivity contribution in [1.29, 1.82) is 0 Å². The molecule has 1 heterocycles. The number of ether oxygens (including phenoxy) is 1. The second-order valence-electron chi connectivity index (χ2n) is 6.97. The van der Waals surface area contributed by atoms with Crippen LogP contribution in [0.5, 0.6) is 5.75 Å². The smallest absolute Gasteiger partial charge is 0.261 e. The molecule has 0 spiro atoms. The van der Waals surface area contributed by atoms with E-state index in [9.17, 15) is 14.4 Å². The lowest BCUT2D eigenvalue weighted by Crippen LogP contribution is -2.32. The molecule has 1 aliphatic rings. The van der Waals surface area contributed by atoms with E-state index in [-0.39, 0.29) is 30.7 Å². The minimum absolute atomic E-state index is 0.101. The van der Waals surface area contributed by atoms with E-state index in [0.717, 1.165) is 21.3 Å². The lowest BCUT2D eigenvalue weighted by Gasteiger charge is -2.13. The van der Waals surface area contributed by atoms with Crippen LogP contribution >= 0.6 is 15.9 Å². The third-order valence-electron chi connectivity index (χ3n) is 4.87. The Morgan fingerprint density at radius 2 is 1.86 bits per heavy atom. The maximum Gasteiger partial charge on any atom is 0.261 e. The highest BCUT2D eigenvalue weighted by molar-refractivity contribution is 9.10. The molecule has 0 unspecified atom stereocenters. The first-order valence-corrected chi connectivity index (χ1v) is 10.3. The summed E-state index contributed by atoms with van der Waals surface area (Å²) < 4.78 is 6.10. The van der Waals surface area contributed by atoms with E-state index >= 15 is 0 Å². The zero-order chi connectivity index (χ0) is 21.0. The van der Waals surface area contributed by atoms with Crippen molar-refractivity contribution in [3.63, 3.8) is 0 Å². The molecule has 2 aromatic rings. The molecule has 0 atom stereocenters. The summed E-state index contributed by atoms with van der Waals surface area (Å²) >= 11 is 3.31. The molecule has 1 N–H and O–H groups in total. The van der Waals surface area contributed by atoms with Gasteiger partial charge < -0.3 is 10.1 Å². The highest BCUT2D eigenvalue weighted by Gasteiger charge is 2.35. The minimum atomic E-state index is -0.307. The van der Waals surface area contributed by atoms with E-state index in [1.807, 2.05) is 25.1 Å². The van der Waals surface area contributed by atoms with Crippen LogP contribution in [0.2, 0.25) is 0 Å². The lowest BCUT2D eigenvalue weighted by molar-refractivity contribution is -0.121. The predicted molar refractivity (Wildman–Crippen MR) is 113 cm³/mol. The quantitative estimate of drug-likeness (QED) is 0.614. The zero-order valence-electron chi connectivity index (χ0n) is 16.5. The van der Waals surface area contributed by atoms with Crippen LogP contribution in [0.3, 0.4) is 0 Å². The number of nitrogens with zero attached hydrogens (tertiary/aromatic N) is 1. The number of aryl methyl sites for hydroxylation is 1. The monoisotopic (exact) mass is 458 g/mol. The molecule has 29 heavy (non-hydrogen) atoms. The number of benzene rings is 2. The van der Waals surface area contributed by atoms with Crippen LogP contribution in [0.25, 0.3) is 0 Å². The molecule has 2 aromatic carbocycles. The Morgan fingerprint density at radius 3 is 2.62 bits per heavy atom. The predicted octanol–water partition coefficient (Wildman–Crippen LogP) is 3.50. The van der Waals surface area contributed by atoms with Crippen molar-refractivity contribution in [2.75, 3.05) is 20.2 Å². The van der Waals surface area contributed by atoms with Crippen molar-refractivity contribution >= 4 is 33.7 Å². The van der Waals surface area contributed by atoms with Crippen molar-refractivity contribution < 1.29 is 19.1 Å². The third-order valence-corrected chi connectivity index (χ3v) is 5.36. The van der Waals surface area contributed by atoms with Crippen LogP contribution < -0.4 is 10.1 Å². The number of methoxy groups -OCH3 is 1. The van der Waals surface area contributed by atoms with E-state index in [4.69, 9.17) is 4.74 Å². The fraction of sp³-hybridized carbons (Fsp3) is 0.318. The normalized spacial score (nSPS) is 12.9. The molecular formula is C22H23BrN2O4. The molecule has 7 heteroatoms. The van der Waals surface area contributed by atoms with Gasteiger partial charge in [-0.05, 0) is 49.6 Å². The van der Waals surface area contributed by atoms with Gasteiger partial charge in [0.25, 0.3) is 11.8 Å². The van der Waals surface area contributed by atoms with Crippen LogP contribution in [0.1, 0.15) is 44.7 Å². The van der Waals surface area contributed by atoms with Crippen LogP contribution in [0, 0.1) is 6.92 Å². The van der Waals surface area contributed by atoms with Gasteiger partial charge in [0.15, 0.2) is 0 Å². The van der Waals surface area contributed by atoms with Gasteiger partial charge in [-0.25, -0.2) is 0 Å². The van der Waals surface area contributed by atoms with Gasteiger partial charge in [0, 0.05) is 24.0 Å². The summed E-state index contributed by atoms with van der Waals surface area (Å²) in [5.74, 6) is 0.0979. The summed E-state index contributed by atoms with van der Waals surface area (Å²) in [5, 5.41) is 2.89. The number of hydrogen-bond donors (Lipinski definition) is 1. The Bertz CT molecular complexity index is 958. The average molecular weight is 459 g/mol. The van der Waals surface area contributed by atoms with Gasteiger partial charge in [-0.15, -0.1) is 0 Å². The maximum atomic E-state index is 12.4. The first-order chi connectivity index (χ1) is 13.9. The highest BCUT2D eigenvalue weighted by atomic mass is 79.9. The first-order valence-electron chi connectivity index (χ1n) is 9.46. The van der Waals surface area contributed by atoms with E-state index in [1.54, 1.807) is 25.3 Å². The fourth-order valence-corrected chi connectivity index (χ4v) is 3.75. The third kappa shape index (κ3) is 4.85. The molecule has 0 saturated carbocycles.